The van der Waals surface area contributed by atoms with Crippen molar-refractivity contribution in [3.63, 3.8) is 0 Å². The number of imidazole rings is 1. The maximum Gasteiger partial charge on any atom is 0.114 e. The lowest BCUT2D eigenvalue weighted by molar-refractivity contribution is -0.0139. The van der Waals surface area contributed by atoms with Crippen molar-refractivity contribution in [2.75, 3.05) is 6.61 Å². The fourth-order valence-electron chi connectivity index (χ4n) is 4.48. The van der Waals surface area contributed by atoms with Gasteiger partial charge in [-0.25, -0.2) is 4.98 Å². The van der Waals surface area contributed by atoms with Crippen LogP contribution in [0, 0.1) is 5.41 Å². The van der Waals surface area contributed by atoms with Crippen LogP contribution in [0.3, 0.4) is 0 Å². The Hall–Kier alpha value is -2.13. The van der Waals surface area contributed by atoms with Crippen molar-refractivity contribution in [2.45, 2.75) is 51.6 Å². The van der Waals surface area contributed by atoms with E-state index in [1.54, 1.807) is 0 Å². The van der Waals surface area contributed by atoms with Gasteiger partial charge in [-0.3, -0.25) is 0 Å². The third kappa shape index (κ3) is 4.08. The first-order chi connectivity index (χ1) is 13.0. The van der Waals surface area contributed by atoms with Gasteiger partial charge in [0.15, 0.2) is 0 Å². The monoisotopic (exact) mass is 362 g/mol. The standard InChI is InChI=1S/C24H30N2O/c1-24(2)12-10-22(21(17-24)23-25-13-14-26(23)3)27-15-11-18-8-9-19-6-4-5-7-20(19)16-18/h4-9,13-14,16,21-22H,10-12,15,17H2,1-3H3. The molecule has 3 nitrogen and oxygen atoms in total. The molecule has 1 aliphatic rings. The average molecular weight is 363 g/mol. The van der Waals surface area contributed by atoms with Crippen molar-refractivity contribution >= 4 is 10.8 Å². The van der Waals surface area contributed by atoms with Crippen LogP contribution in [0.1, 0.15) is 50.4 Å². The van der Waals surface area contributed by atoms with Crippen LogP contribution < -0.4 is 0 Å². The molecule has 2 aromatic carbocycles. The van der Waals surface area contributed by atoms with Gasteiger partial charge >= 0.3 is 0 Å². The molecule has 3 heteroatoms. The minimum atomic E-state index is 0.264. The van der Waals surface area contributed by atoms with Crippen LogP contribution >= 0.6 is 0 Å². The number of nitrogens with zero attached hydrogens (tertiary/aromatic N) is 2. The smallest absolute Gasteiger partial charge is 0.114 e. The van der Waals surface area contributed by atoms with E-state index in [4.69, 9.17) is 4.74 Å². The van der Waals surface area contributed by atoms with Gasteiger partial charge < -0.3 is 9.30 Å². The lowest BCUT2D eigenvalue weighted by Gasteiger charge is -2.40. The molecule has 27 heavy (non-hydrogen) atoms. The number of aromatic nitrogens is 2. The van der Waals surface area contributed by atoms with Crippen LogP contribution in [-0.4, -0.2) is 22.3 Å². The highest BCUT2D eigenvalue weighted by molar-refractivity contribution is 5.82. The highest BCUT2D eigenvalue weighted by Crippen LogP contribution is 2.44. The highest BCUT2D eigenvalue weighted by atomic mass is 16.5. The van der Waals surface area contributed by atoms with Crippen molar-refractivity contribution in [3.05, 3.63) is 66.2 Å². The SMILES string of the molecule is Cn1ccnc1C1CC(C)(C)CCC1OCCc1ccc2ccccc2c1. The predicted molar refractivity (Wildman–Crippen MR) is 111 cm³/mol. The van der Waals surface area contributed by atoms with Crippen molar-refractivity contribution in [1.82, 2.24) is 9.55 Å². The van der Waals surface area contributed by atoms with Gasteiger partial charge in [-0.05, 0) is 47.4 Å². The van der Waals surface area contributed by atoms with Gasteiger partial charge in [-0.1, -0.05) is 56.3 Å². The second-order valence-electron chi connectivity index (χ2n) is 8.75. The Morgan fingerprint density at radius 1 is 1.15 bits per heavy atom. The summed E-state index contributed by atoms with van der Waals surface area (Å²) in [6.45, 7) is 5.51. The van der Waals surface area contributed by atoms with Crippen molar-refractivity contribution in [2.24, 2.45) is 12.5 Å². The second kappa shape index (κ2) is 7.47. The molecule has 0 spiro atoms. The molecule has 0 bridgehead atoms. The summed E-state index contributed by atoms with van der Waals surface area (Å²) in [5.74, 6) is 1.55. The number of ether oxygens (including phenoxy) is 1. The van der Waals surface area contributed by atoms with E-state index in [1.807, 2.05) is 12.4 Å². The van der Waals surface area contributed by atoms with E-state index < -0.39 is 0 Å². The van der Waals surface area contributed by atoms with E-state index >= 15 is 0 Å². The Labute approximate surface area is 162 Å². The summed E-state index contributed by atoms with van der Waals surface area (Å²) in [5.41, 5.74) is 1.70. The Kier molecular flexibility index (Phi) is 5.05. The second-order valence-corrected chi connectivity index (χ2v) is 8.75. The molecule has 0 aliphatic heterocycles. The molecule has 3 aromatic rings. The maximum atomic E-state index is 6.43. The normalized spacial score (nSPS) is 22.2. The van der Waals surface area contributed by atoms with E-state index in [9.17, 15) is 0 Å². The van der Waals surface area contributed by atoms with Gasteiger partial charge in [0, 0.05) is 25.4 Å². The molecule has 1 fully saturated rings. The van der Waals surface area contributed by atoms with E-state index in [0.29, 0.717) is 11.3 Å². The topological polar surface area (TPSA) is 27.1 Å². The maximum absolute atomic E-state index is 6.43. The number of hydrogen-bond donors (Lipinski definition) is 0. The lowest BCUT2D eigenvalue weighted by Crippen LogP contribution is -2.35. The number of hydrogen-bond acceptors (Lipinski definition) is 2. The zero-order valence-electron chi connectivity index (χ0n) is 16.7. The van der Waals surface area contributed by atoms with Crippen molar-refractivity contribution in [1.29, 1.82) is 0 Å². The van der Waals surface area contributed by atoms with Crippen LogP contribution in [0.4, 0.5) is 0 Å². The first-order valence-corrected chi connectivity index (χ1v) is 10.1. The van der Waals surface area contributed by atoms with Gasteiger partial charge in [-0.2, -0.15) is 0 Å². The van der Waals surface area contributed by atoms with Crippen LogP contribution in [0.5, 0.6) is 0 Å². The molecule has 0 radical (unpaired) electrons. The number of fused-ring (bicyclic) bond motifs is 1. The fraction of sp³-hybridized carbons (Fsp3) is 0.458. The average Bonchev–Trinajstić information content (AvgIpc) is 3.08. The molecule has 0 N–H and O–H groups in total. The molecule has 4 rings (SSSR count). The molecule has 0 saturated heterocycles. The molecular weight excluding hydrogens is 332 g/mol. The Bertz CT molecular complexity index is 911. The van der Waals surface area contributed by atoms with Crippen LogP contribution in [-0.2, 0) is 18.2 Å². The summed E-state index contributed by atoms with van der Waals surface area (Å²) in [6, 6.07) is 15.3. The highest BCUT2D eigenvalue weighted by Gasteiger charge is 2.38. The summed E-state index contributed by atoms with van der Waals surface area (Å²) in [5, 5.41) is 2.60. The van der Waals surface area contributed by atoms with Gasteiger partial charge in [0.05, 0.1) is 12.7 Å². The van der Waals surface area contributed by atoms with Crippen molar-refractivity contribution < 1.29 is 4.74 Å². The van der Waals surface area contributed by atoms with E-state index in [0.717, 1.165) is 25.9 Å². The quantitative estimate of drug-likeness (QED) is 0.600. The van der Waals surface area contributed by atoms with E-state index in [-0.39, 0.29) is 6.10 Å². The minimum Gasteiger partial charge on any atom is -0.377 e. The zero-order chi connectivity index (χ0) is 18.9. The van der Waals surface area contributed by atoms with Gasteiger partial charge in [-0.15, -0.1) is 0 Å². The molecule has 2 unspecified atom stereocenters. The number of rotatable bonds is 5. The van der Waals surface area contributed by atoms with Crippen molar-refractivity contribution in [3.8, 4) is 0 Å². The first-order valence-electron chi connectivity index (χ1n) is 10.1. The summed E-state index contributed by atoms with van der Waals surface area (Å²) in [4.78, 5) is 4.64. The predicted octanol–water partition coefficient (Wildman–Crippen LogP) is 5.49. The molecular formula is C24H30N2O. The van der Waals surface area contributed by atoms with Gasteiger partial charge in [0.2, 0.25) is 0 Å². The Balaban J connectivity index is 1.43. The number of benzene rings is 2. The van der Waals surface area contributed by atoms with E-state index in [2.05, 4.69) is 72.9 Å². The molecule has 0 amide bonds. The minimum absolute atomic E-state index is 0.264. The zero-order valence-corrected chi connectivity index (χ0v) is 16.7. The third-order valence-electron chi connectivity index (χ3n) is 6.05. The summed E-state index contributed by atoms with van der Waals surface area (Å²) in [7, 11) is 2.09. The Morgan fingerprint density at radius 3 is 2.74 bits per heavy atom. The lowest BCUT2D eigenvalue weighted by atomic mass is 9.70. The molecule has 1 aromatic heterocycles. The number of aryl methyl sites for hydroxylation is 1. The van der Waals surface area contributed by atoms with Crippen LogP contribution in [0.25, 0.3) is 10.8 Å². The summed E-state index contributed by atoms with van der Waals surface area (Å²) in [6.07, 6.45) is 8.64. The Morgan fingerprint density at radius 2 is 1.96 bits per heavy atom. The summed E-state index contributed by atoms with van der Waals surface area (Å²) >= 11 is 0. The van der Waals surface area contributed by atoms with E-state index in [1.165, 1.54) is 28.6 Å². The van der Waals surface area contributed by atoms with Gasteiger partial charge in [0.25, 0.3) is 0 Å². The van der Waals surface area contributed by atoms with Gasteiger partial charge in [0.1, 0.15) is 5.82 Å². The fourth-order valence-corrected chi connectivity index (χ4v) is 4.48. The molecule has 2 atom stereocenters. The molecule has 1 saturated carbocycles. The molecule has 1 heterocycles. The van der Waals surface area contributed by atoms with Crippen LogP contribution in [0.15, 0.2) is 54.9 Å². The summed E-state index contributed by atoms with van der Waals surface area (Å²) < 4.78 is 8.59. The largest absolute Gasteiger partial charge is 0.377 e. The molecule has 142 valence electrons. The molecule has 1 aliphatic carbocycles. The first kappa shape index (κ1) is 18.2. The third-order valence-corrected chi connectivity index (χ3v) is 6.05. The van der Waals surface area contributed by atoms with Crippen LogP contribution in [0.2, 0.25) is 0 Å².